The van der Waals surface area contributed by atoms with Crippen molar-refractivity contribution in [1.29, 1.82) is 0 Å². The van der Waals surface area contributed by atoms with Gasteiger partial charge >= 0.3 is 12.1 Å². The molecule has 0 aromatic carbocycles. The summed E-state index contributed by atoms with van der Waals surface area (Å²) in [4.78, 5) is 22.2. The van der Waals surface area contributed by atoms with E-state index in [1.54, 1.807) is 13.8 Å². The Hall–Kier alpha value is -2.33. The lowest BCUT2D eigenvalue weighted by Crippen LogP contribution is -2.46. The maximum atomic E-state index is 11.1. The highest BCUT2D eigenvalue weighted by Gasteiger charge is 2.26. The molecule has 100 valence electrons. The zero-order valence-electron chi connectivity index (χ0n) is 10.1. The fourth-order valence-corrected chi connectivity index (χ4v) is 1.52. The summed E-state index contributed by atoms with van der Waals surface area (Å²) in [7, 11) is 0. The SMILES string of the molecule is CCn1nc(C)c(N(N)C(N)=O)c1N(N)C(N)=O. The third-order valence-electron chi connectivity index (χ3n) is 2.31. The molecule has 8 N–H and O–H groups in total. The van der Waals surface area contributed by atoms with Gasteiger partial charge < -0.3 is 11.5 Å². The molecule has 18 heavy (non-hydrogen) atoms. The van der Waals surface area contributed by atoms with Gasteiger partial charge in [0.25, 0.3) is 0 Å². The van der Waals surface area contributed by atoms with Gasteiger partial charge in [-0.05, 0) is 13.8 Å². The molecular weight excluding hydrogens is 240 g/mol. The second kappa shape index (κ2) is 4.89. The number of rotatable bonds is 3. The van der Waals surface area contributed by atoms with Crippen molar-refractivity contribution in [1.82, 2.24) is 9.78 Å². The van der Waals surface area contributed by atoms with E-state index in [0.29, 0.717) is 22.3 Å². The van der Waals surface area contributed by atoms with Crippen LogP contribution in [-0.2, 0) is 6.54 Å². The predicted molar refractivity (Wildman–Crippen MR) is 65.1 cm³/mol. The second-order valence-corrected chi connectivity index (χ2v) is 3.49. The number of hydrazine groups is 2. The van der Waals surface area contributed by atoms with E-state index in [0.717, 1.165) is 0 Å². The molecule has 1 aromatic rings. The normalized spacial score (nSPS) is 10.2. The Labute approximate surface area is 103 Å². The molecular formula is C8H16N8O2. The number of hydrogen-bond donors (Lipinski definition) is 4. The number of nitrogens with zero attached hydrogens (tertiary/aromatic N) is 4. The molecule has 4 amide bonds. The number of urea groups is 2. The lowest BCUT2D eigenvalue weighted by Gasteiger charge is -2.20. The predicted octanol–water partition coefficient (Wildman–Crippen LogP) is -1.27. The van der Waals surface area contributed by atoms with Crippen LogP contribution in [0.2, 0.25) is 0 Å². The topological polar surface area (TPSA) is 163 Å². The summed E-state index contributed by atoms with van der Waals surface area (Å²) in [5.74, 6) is 11.1. The van der Waals surface area contributed by atoms with Crippen LogP contribution in [0.25, 0.3) is 0 Å². The lowest BCUT2D eigenvalue weighted by atomic mass is 10.3. The zero-order valence-corrected chi connectivity index (χ0v) is 10.1. The first-order chi connectivity index (χ1) is 8.31. The van der Waals surface area contributed by atoms with Crippen LogP contribution in [0.15, 0.2) is 0 Å². The van der Waals surface area contributed by atoms with E-state index in [1.165, 1.54) is 4.68 Å². The highest BCUT2D eigenvalue weighted by Crippen LogP contribution is 2.30. The Balaban J connectivity index is 3.44. The molecule has 0 spiro atoms. The molecule has 1 heterocycles. The average molecular weight is 256 g/mol. The van der Waals surface area contributed by atoms with Crippen molar-refractivity contribution in [2.75, 3.05) is 10.0 Å². The van der Waals surface area contributed by atoms with Crippen molar-refractivity contribution in [3.8, 4) is 0 Å². The quantitative estimate of drug-likeness (QED) is 0.300. The van der Waals surface area contributed by atoms with E-state index in [1.807, 2.05) is 0 Å². The molecule has 0 radical (unpaired) electrons. The number of nitrogens with two attached hydrogens (primary N) is 4. The molecule has 0 unspecified atom stereocenters. The Bertz CT molecular complexity index is 482. The smallest absolute Gasteiger partial charge is 0.335 e. The van der Waals surface area contributed by atoms with Gasteiger partial charge in [0.05, 0.1) is 5.69 Å². The van der Waals surface area contributed by atoms with Crippen LogP contribution in [0, 0.1) is 6.92 Å². The Kier molecular flexibility index (Phi) is 3.73. The van der Waals surface area contributed by atoms with Gasteiger partial charge in [-0.1, -0.05) is 0 Å². The summed E-state index contributed by atoms with van der Waals surface area (Å²) in [6, 6.07) is -1.82. The van der Waals surface area contributed by atoms with Crippen LogP contribution in [0.3, 0.4) is 0 Å². The molecule has 0 aliphatic heterocycles. The molecule has 0 aliphatic rings. The third-order valence-corrected chi connectivity index (χ3v) is 2.31. The van der Waals surface area contributed by atoms with Gasteiger partial charge in [0, 0.05) is 6.54 Å². The first kappa shape index (κ1) is 13.7. The number of carbonyl (C=O) groups is 2. The monoisotopic (exact) mass is 256 g/mol. The molecule has 10 heteroatoms. The van der Waals surface area contributed by atoms with Gasteiger partial charge in [-0.15, -0.1) is 0 Å². The van der Waals surface area contributed by atoms with Crippen LogP contribution in [0.5, 0.6) is 0 Å². The lowest BCUT2D eigenvalue weighted by molar-refractivity contribution is 0.252. The van der Waals surface area contributed by atoms with E-state index in [9.17, 15) is 9.59 Å². The van der Waals surface area contributed by atoms with E-state index in [4.69, 9.17) is 23.2 Å². The molecule has 0 fully saturated rings. The Morgan fingerprint density at radius 1 is 1.22 bits per heavy atom. The molecule has 10 nitrogen and oxygen atoms in total. The molecule has 0 aliphatic carbocycles. The summed E-state index contributed by atoms with van der Waals surface area (Å²) in [6.07, 6.45) is 0. The Morgan fingerprint density at radius 2 is 1.72 bits per heavy atom. The standard InChI is InChI=1S/C8H16N8O2/c1-3-14-6(16(12)8(10)18)5(4(2)13-14)15(11)7(9)17/h3,11-12H2,1-2H3,(H2,9,17)(H2,10,18). The van der Waals surface area contributed by atoms with Crippen molar-refractivity contribution in [3.63, 3.8) is 0 Å². The summed E-state index contributed by atoms with van der Waals surface area (Å²) >= 11 is 0. The largest absolute Gasteiger partial charge is 0.350 e. The summed E-state index contributed by atoms with van der Waals surface area (Å²) in [5.41, 5.74) is 10.7. The maximum absolute atomic E-state index is 11.1. The van der Waals surface area contributed by atoms with Gasteiger partial charge in [0.1, 0.15) is 5.69 Å². The number of anilines is 2. The van der Waals surface area contributed by atoms with Gasteiger partial charge in [0.2, 0.25) is 0 Å². The van der Waals surface area contributed by atoms with Crippen LogP contribution in [0.4, 0.5) is 21.1 Å². The first-order valence-electron chi connectivity index (χ1n) is 5.07. The number of aromatic nitrogens is 2. The minimum absolute atomic E-state index is 0.101. The van der Waals surface area contributed by atoms with Gasteiger partial charge in [-0.3, -0.25) is 0 Å². The highest BCUT2D eigenvalue weighted by atomic mass is 16.2. The van der Waals surface area contributed by atoms with Crippen molar-refractivity contribution in [2.24, 2.45) is 23.2 Å². The average Bonchev–Trinajstić information content (AvgIpc) is 2.63. The summed E-state index contributed by atoms with van der Waals surface area (Å²) in [6.45, 7) is 3.78. The fraction of sp³-hybridized carbons (Fsp3) is 0.375. The van der Waals surface area contributed by atoms with Gasteiger partial charge in [-0.2, -0.15) is 5.10 Å². The molecule has 0 saturated heterocycles. The molecule has 1 aromatic heterocycles. The van der Waals surface area contributed by atoms with E-state index in [2.05, 4.69) is 5.10 Å². The molecule has 0 bridgehead atoms. The van der Waals surface area contributed by atoms with Crippen LogP contribution >= 0.6 is 0 Å². The Morgan fingerprint density at radius 3 is 2.11 bits per heavy atom. The van der Waals surface area contributed by atoms with E-state index in [-0.39, 0.29) is 11.5 Å². The third kappa shape index (κ3) is 2.19. The van der Waals surface area contributed by atoms with Crippen LogP contribution < -0.4 is 33.2 Å². The second-order valence-electron chi connectivity index (χ2n) is 3.49. The number of carbonyl (C=O) groups excluding carboxylic acids is 2. The zero-order chi connectivity index (χ0) is 14.0. The van der Waals surface area contributed by atoms with Crippen molar-refractivity contribution >= 4 is 23.6 Å². The summed E-state index contributed by atoms with van der Waals surface area (Å²) < 4.78 is 1.39. The fourth-order valence-electron chi connectivity index (χ4n) is 1.52. The van der Waals surface area contributed by atoms with Crippen LogP contribution in [0.1, 0.15) is 12.6 Å². The van der Waals surface area contributed by atoms with Crippen LogP contribution in [-0.4, -0.2) is 21.8 Å². The highest BCUT2D eigenvalue weighted by molar-refractivity contribution is 5.98. The molecule has 0 atom stereocenters. The molecule has 0 saturated carbocycles. The van der Waals surface area contributed by atoms with Crippen molar-refractivity contribution in [3.05, 3.63) is 5.69 Å². The first-order valence-corrected chi connectivity index (χ1v) is 5.07. The minimum atomic E-state index is -0.913. The van der Waals surface area contributed by atoms with Crippen molar-refractivity contribution in [2.45, 2.75) is 20.4 Å². The van der Waals surface area contributed by atoms with Gasteiger partial charge in [-0.25, -0.2) is 36.0 Å². The molecule has 1 rings (SSSR count). The summed E-state index contributed by atoms with van der Waals surface area (Å²) in [5, 5.41) is 5.41. The number of amides is 4. The van der Waals surface area contributed by atoms with E-state index >= 15 is 0 Å². The van der Waals surface area contributed by atoms with E-state index < -0.39 is 12.1 Å². The van der Waals surface area contributed by atoms with Crippen molar-refractivity contribution < 1.29 is 9.59 Å². The number of hydrogen-bond acceptors (Lipinski definition) is 5. The number of aryl methyl sites for hydroxylation is 2. The maximum Gasteiger partial charge on any atom is 0.335 e. The van der Waals surface area contributed by atoms with Gasteiger partial charge in [0.15, 0.2) is 5.82 Å². The minimum Gasteiger partial charge on any atom is -0.350 e. The number of primary amides is 2.